The summed E-state index contributed by atoms with van der Waals surface area (Å²) in [7, 11) is 7.29. The third-order valence-electron chi connectivity index (χ3n) is 7.08. The molecular weight excluding hydrogens is 645 g/mol. The number of nitrogens with zero attached hydrogens (tertiary/aromatic N) is 4. The molecule has 238 valence electrons. The Labute approximate surface area is 292 Å². The van der Waals surface area contributed by atoms with Crippen LogP contribution in [-0.4, -0.2) is 35.7 Å². The van der Waals surface area contributed by atoms with Crippen molar-refractivity contribution >= 4 is 79.0 Å². The number of benzene rings is 4. The maximum absolute atomic E-state index is 5.67. The van der Waals surface area contributed by atoms with Crippen molar-refractivity contribution in [2.75, 3.05) is 23.9 Å². The Bertz CT molecular complexity index is 1550. The van der Waals surface area contributed by atoms with Gasteiger partial charge in [-0.15, -0.1) is 0 Å². The Kier molecular flexibility index (Phi) is 13.2. The fourth-order valence-electron chi connectivity index (χ4n) is 4.50. The largest absolute Gasteiger partial charge is 0.321 e. The SMILES string of the molecule is CC(C)/C(=N\NC(=S)N(C)c1ccccc1)c1ccccc1SSc1ccccc1/C(=N/NC(=S)N(C)c1ccccc1)C(C)C. The summed E-state index contributed by atoms with van der Waals surface area (Å²) in [4.78, 5) is 6.06. The summed E-state index contributed by atoms with van der Waals surface area (Å²) >= 11 is 11.3. The normalized spacial score (nSPS) is 11.8. The van der Waals surface area contributed by atoms with Crippen molar-refractivity contribution in [1.29, 1.82) is 0 Å². The minimum Gasteiger partial charge on any atom is -0.321 e. The number of para-hydroxylation sites is 2. The zero-order chi connectivity index (χ0) is 33.1. The molecule has 0 amide bonds. The van der Waals surface area contributed by atoms with Crippen LogP contribution in [0.1, 0.15) is 38.8 Å². The van der Waals surface area contributed by atoms with Crippen LogP contribution in [0.25, 0.3) is 0 Å². The molecule has 0 saturated heterocycles. The van der Waals surface area contributed by atoms with Crippen molar-refractivity contribution in [3.05, 3.63) is 120 Å². The van der Waals surface area contributed by atoms with Crippen molar-refractivity contribution in [2.24, 2.45) is 22.0 Å². The van der Waals surface area contributed by atoms with Crippen LogP contribution in [0.4, 0.5) is 11.4 Å². The van der Waals surface area contributed by atoms with E-state index < -0.39 is 0 Å². The van der Waals surface area contributed by atoms with E-state index in [1.165, 1.54) is 0 Å². The van der Waals surface area contributed by atoms with Gasteiger partial charge < -0.3 is 9.80 Å². The summed E-state index contributed by atoms with van der Waals surface area (Å²) in [5, 5.41) is 10.7. The van der Waals surface area contributed by atoms with E-state index in [2.05, 4.69) is 87.1 Å². The molecule has 0 saturated carbocycles. The Morgan fingerprint density at radius 3 is 1.22 bits per heavy atom. The maximum Gasteiger partial charge on any atom is 0.193 e. The summed E-state index contributed by atoms with van der Waals surface area (Å²) < 4.78 is 0. The quantitative estimate of drug-likeness (QED) is 0.0702. The lowest BCUT2D eigenvalue weighted by molar-refractivity contribution is 0.855. The molecule has 0 spiro atoms. The van der Waals surface area contributed by atoms with Crippen molar-refractivity contribution in [3.8, 4) is 0 Å². The molecule has 4 aromatic rings. The lowest BCUT2D eigenvalue weighted by Crippen LogP contribution is -2.35. The highest BCUT2D eigenvalue weighted by molar-refractivity contribution is 8.76. The molecule has 0 bridgehead atoms. The molecule has 0 aliphatic heterocycles. The first-order valence-electron chi connectivity index (χ1n) is 15.0. The van der Waals surface area contributed by atoms with Crippen LogP contribution >= 0.6 is 46.0 Å². The standard InChI is InChI=1S/C36H40N6S4/c1-25(2)33(37-39-35(43)41(5)27-17-9-7-10-18-27)29-21-13-15-23-31(29)45-46-32-24-16-14-22-30(32)34(26(3)4)38-40-36(44)42(6)28-19-11-8-12-20-28/h7-26H,1-6H3,(H,39,43)(H,40,44)/b37-33+,38-34+. The van der Waals surface area contributed by atoms with E-state index in [0.717, 1.165) is 43.7 Å². The molecule has 4 aromatic carbocycles. The molecular formula is C36H40N6S4. The van der Waals surface area contributed by atoms with E-state index in [1.807, 2.05) is 84.6 Å². The number of nitrogens with one attached hydrogen (secondary N) is 2. The monoisotopic (exact) mass is 684 g/mol. The highest BCUT2D eigenvalue weighted by atomic mass is 33.1. The minimum absolute atomic E-state index is 0.167. The zero-order valence-electron chi connectivity index (χ0n) is 27.0. The first-order valence-corrected chi connectivity index (χ1v) is 18.0. The van der Waals surface area contributed by atoms with Crippen LogP contribution in [0.5, 0.6) is 0 Å². The summed E-state index contributed by atoms with van der Waals surface area (Å²) in [5.41, 5.74) is 12.3. The van der Waals surface area contributed by atoms with Crippen LogP contribution in [0.2, 0.25) is 0 Å². The molecule has 0 fully saturated rings. The van der Waals surface area contributed by atoms with Gasteiger partial charge in [-0.25, -0.2) is 0 Å². The molecule has 6 nitrogen and oxygen atoms in total. The summed E-state index contributed by atoms with van der Waals surface area (Å²) in [6, 6.07) is 36.8. The van der Waals surface area contributed by atoms with E-state index in [-0.39, 0.29) is 11.8 Å². The van der Waals surface area contributed by atoms with Crippen LogP contribution in [0.3, 0.4) is 0 Å². The van der Waals surface area contributed by atoms with E-state index in [1.54, 1.807) is 21.6 Å². The lowest BCUT2D eigenvalue weighted by atomic mass is 10.0. The second kappa shape index (κ2) is 17.3. The average Bonchev–Trinajstić information content (AvgIpc) is 3.08. The fraction of sp³-hybridized carbons (Fsp3) is 0.222. The zero-order valence-corrected chi connectivity index (χ0v) is 30.2. The van der Waals surface area contributed by atoms with Gasteiger partial charge in [-0.2, -0.15) is 10.2 Å². The maximum atomic E-state index is 5.67. The molecule has 0 aliphatic carbocycles. The molecule has 0 radical (unpaired) electrons. The number of rotatable bonds is 11. The molecule has 0 atom stereocenters. The molecule has 4 rings (SSSR count). The van der Waals surface area contributed by atoms with Crippen LogP contribution < -0.4 is 20.7 Å². The van der Waals surface area contributed by atoms with Gasteiger partial charge in [0.2, 0.25) is 0 Å². The molecule has 0 unspecified atom stereocenters. The van der Waals surface area contributed by atoms with Crippen LogP contribution in [0.15, 0.2) is 129 Å². The molecule has 10 heteroatoms. The molecule has 0 heterocycles. The topological polar surface area (TPSA) is 55.3 Å². The minimum atomic E-state index is 0.167. The Morgan fingerprint density at radius 2 is 0.870 bits per heavy atom. The van der Waals surface area contributed by atoms with Gasteiger partial charge in [0.1, 0.15) is 0 Å². The van der Waals surface area contributed by atoms with Gasteiger partial charge in [0.25, 0.3) is 0 Å². The van der Waals surface area contributed by atoms with Crippen molar-refractivity contribution < 1.29 is 0 Å². The smallest absolute Gasteiger partial charge is 0.193 e. The van der Waals surface area contributed by atoms with E-state index in [9.17, 15) is 0 Å². The lowest BCUT2D eigenvalue weighted by Gasteiger charge is -2.21. The molecule has 2 N–H and O–H groups in total. The summed E-state index contributed by atoms with van der Waals surface area (Å²) in [6.45, 7) is 8.58. The number of thiocarbonyl (C=S) groups is 2. The van der Waals surface area contributed by atoms with Crippen LogP contribution in [0, 0.1) is 11.8 Å². The van der Waals surface area contributed by atoms with Crippen molar-refractivity contribution in [1.82, 2.24) is 10.9 Å². The third kappa shape index (κ3) is 9.42. The van der Waals surface area contributed by atoms with Crippen molar-refractivity contribution in [2.45, 2.75) is 37.5 Å². The van der Waals surface area contributed by atoms with Crippen molar-refractivity contribution in [3.63, 3.8) is 0 Å². The number of anilines is 2. The molecule has 0 aromatic heterocycles. The van der Waals surface area contributed by atoms with Gasteiger partial charge in [-0.05, 0) is 72.7 Å². The fourth-order valence-corrected chi connectivity index (χ4v) is 7.18. The first-order chi connectivity index (χ1) is 22.2. The molecule has 46 heavy (non-hydrogen) atoms. The Balaban J connectivity index is 1.54. The number of hydrogen-bond acceptors (Lipinski definition) is 6. The van der Waals surface area contributed by atoms with E-state index >= 15 is 0 Å². The van der Waals surface area contributed by atoms with Crippen LogP contribution in [-0.2, 0) is 0 Å². The van der Waals surface area contributed by atoms with Gasteiger partial charge in [-0.3, -0.25) is 10.9 Å². The Morgan fingerprint density at radius 1 is 0.543 bits per heavy atom. The first kappa shape index (κ1) is 35.2. The molecule has 0 aliphatic rings. The van der Waals surface area contributed by atoms with Gasteiger partial charge in [-0.1, -0.05) is 122 Å². The number of hydrogen-bond donors (Lipinski definition) is 2. The summed E-state index contributed by atoms with van der Waals surface area (Å²) in [6.07, 6.45) is 0. The predicted molar refractivity (Wildman–Crippen MR) is 209 cm³/mol. The van der Waals surface area contributed by atoms with E-state index in [4.69, 9.17) is 34.6 Å². The second-order valence-corrected chi connectivity index (χ2v) is 14.1. The number of hydrazone groups is 2. The third-order valence-corrected chi connectivity index (χ3v) is 10.3. The second-order valence-electron chi connectivity index (χ2n) is 11.1. The van der Waals surface area contributed by atoms with Gasteiger partial charge in [0, 0.05) is 46.4 Å². The van der Waals surface area contributed by atoms with E-state index in [0.29, 0.717) is 10.2 Å². The average molecular weight is 685 g/mol. The Hall–Kier alpha value is -3.70. The summed E-state index contributed by atoms with van der Waals surface area (Å²) in [5.74, 6) is 0.333. The van der Waals surface area contributed by atoms with Gasteiger partial charge in [0.15, 0.2) is 10.2 Å². The van der Waals surface area contributed by atoms with Gasteiger partial charge >= 0.3 is 0 Å². The van der Waals surface area contributed by atoms with Gasteiger partial charge in [0.05, 0.1) is 11.4 Å². The highest BCUT2D eigenvalue weighted by Crippen LogP contribution is 2.41. The highest BCUT2D eigenvalue weighted by Gasteiger charge is 2.18. The predicted octanol–water partition coefficient (Wildman–Crippen LogP) is 9.23.